The predicted molar refractivity (Wildman–Crippen MR) is 46.0 cm³/mol. The minimum absolute atomic E-state index is 0.0616. The zero-order chi connectivity index (χ0) is 10.6. The van der Waals surface area contributed by atoms with Crippen LogP contribution in [0.5, 0.6) is 0 Å². The van der Waals surface area contributed by atoms with Gasteiger partial charge >= 0.3 is 11.9 Å². The van der Waals surface area contributed by atoms with Gasteiger partial charge in [0.2, 0.25) is 0 Å². The molecule has 0 heterocycles. The average Bonchev–Trinajstić information content (AvgIpc) is 2.02. The van der Waals surface area contributed by atoms with Crippen LogP contribution in [0.25, 0.3) is 0 Å². The van der Waals surface area contributed by atoms with Gasteiger partial charge in [0, 0.05) is 0 Å². The lowest BCUT2D eigenvalue weighted by Gasteiger charge is -2.16. The Bertz CT molecular complexity index is 202. The van der Waals surface area contributed by atoms with Crippen molar-refractivity contribution < 1.29 is 19.4 Å². The summed E-state index contributed by atoms with van der Waals surface area (Å²) in [4.78, 5) is 21.4. The third-order valence-electron chi connectivity index (χ3n) is 1.63. The largest absolute Gasteiger partial charge is 0.479 e. The van der Waals surface area contributed by atoms with Crippen molar-refractivity contribution in [2.24, 2.45) is 11.7 Å². The summed E-state index contributed by atoms with van der Waals surface area (Å²) < 4.78 is 4.57. The molecular weight excluding hydrogens is 174 g/mol. The topological polar surface area (TPSA) is 89.6 Å². The summed E-state index contributed by atoms with van der Waals surface area (Å²) in [5, 5.41) is 8.43. The molecule has 0 amide bonds. The zero-order valence-electron chi connectivity index (χ0n) is 7.98. The molecule has 5 nitrogen and oxygen atoms in total. The first-order valence-electron chi connectivity index (χ1n) is 4.05. The van der Waals surface area contributed by atoms with Gasteiger partial charge in [-0.1, -0.05) is 13.8 Å². The number of rotatable bonds is 4. The molecule has 0 rings (SSSR count). The monoisotopic (exact) mass is 189 g/mol. The lowest BCUT2D eigenvalue weighted by molar-refractivity contribution is -0.164. The molecule has 0 aromatic heterocycles. The highest BCUT2D eigenvalue weighted by Crippen LogP contribution is 2.02. The molecule has 0 saturated heterocycles. The Morgan fingerprint density at radius 1 is 1.31 bits per heavy atom. The van der Waals surface area contributed by atoms with Gasteiger partial charge in [0.05, 0.1) is 0 Å². The maximum Gasteiger partial charge on any atom is 0.344 e. The minimum atomic E-state index is -1.18. The molecule has 0 aromatic rings. The SMILES string of the molecule is CC(OC(=O)C(N)C(C)C)C(=O)O. The van der Waals surface area contributed by atoms with Gasteiger partial charge in [0.1, 0.15) is 6.04 Å². The molecule has 0 aromatic carbocycles. The third-order valence-corrected chi connectivity index (χ3v) is 1.63. The highest BCUT2D eigenvalue weighted by molar-refractivity contribution is 5.80. The molecule has 13 heavy (non-hydrogen) atoms. The molecule has 0 saturated carbocycles. The first-order valence-corrected chi connectivity index (χ1v) is 4.05. The van der Waals surface area contributed by atoms with E-state index in [1.165, 1.54) is 6.92 Å². The number of carboxylic acid groups (broad SMARTS) is 1. The molecule has 5 heteroatoms. The van der Waals surface area contributed by atoms with Crippen LogP contribution in [0.4, 0.5) is 0 Å². The fraction of sp³-hybridized carbons (Fsp3) is 0.750. The van der Waals surface area contributed by atoms with Crippen LogP contribution in [0.2, 0.25) is 0 Å². The van der Waals surface area contributed by atoms with Gasteiger partial charge in [-0.15, -0.1) is 0 Å². The molecule has 0 aliphatic heterocycles. The smallest absolute Gasteiger partial charge is 0.344 e. The summed E-state index contributed by atoms with van der Waals surface area (Å²) in [5.74, 6) is -1.91. The second-order valence-electron chi connectivity index (χ2n) is 3.19. The quantitative estimate of drug-likeness (QED) is 0.607. The summed E-state index contributed by atoms with van der Waals surface area (Å²) in [6, 6.07) is -0.762. The Balaban J connectivity index is 4.08. The Morgan fingerprint density at radius 2 is 1.77 bits per heavy atom. The van der Waals surface area contributed by atoms with Gasteiger partial charge in [-0.05, 0) is 12.8 Å². The maximum atomic E-state index is 11.1. The van der Waals surface area contributed by atoms with Gasteiger partial charge in [-0.3, -0.25) is 4.79 Å². The van der Waals surface area contributed by atoms with Crippen molar-refractivity contribution >= 4 is 11.9 Å². The van der Waals surface area contributed by atoms with Crippen LogP contribution in [0.3, 0.4) is 0 Å². The van der Waals surface area contributed by atoms with Gasteiger partial charge < -0.3 is 15.6 Å². The predicted octanol–water partition coefficient (Wildman–Crippen LogP) is -0.0140. The number of carbonyl (C=O) groups excluding carboxylic acids is 1. The first-order chi connectivity index (χ1) is 5.86. The van der Waals surface area contributed by atoms with Crippen molar-refractivity contribution in [3.63, 3.8) is 0 Å². The number of esters is 1. The third kappa shape index (κ3) is 3.89. The summed E-state index contributed by atoms with van der Waals surface area (Å²) >= 11 is 0. The summed E-state index contributed by atoms with van der Waals surface area (Å²) in [7, 11) is 0. The van der Waals surface area contributed by atoms with E-state index >= 15 is 0 Å². The Labute approximate surface area is 76.9 Å². The highest BCUT2D eigenvalue weighted by atomic mass is 16.6. The van der Waals surface area contributed by atoms with E-state index in [2.05, 4.69) is 4.74 Å². The van der Waals surface area contributed by atoms with Crippen LogP contribution >= 0.6 is 0 Å². The van der Waals surface area contributed by atoms with Crippen LogP contribution in [0.1, 0.15) is 20.8 Å². The van der Waals surface area contributed by atoms with Crippen molar-refractivity contribution in [2.45, 2.75) is 32.9 Å². The lowest BCUT2D eigenvalue weighted by atomic mass is 10.1. The number of nitrogens with two attached hydrogens (primary N) is 1. The van der Waals surface area contributed by atoms with E-state index in [1.54, 1.807) is 13.8 Å². The fourth-order valence-corrected chi connectivity index (χ4v) is 0.575. The van der Waals surface area contributed by atoms with Crippen LogP contribution in [0, 0.1) is 5.92 Å². The van der Waals surface area contributed by atoms with Gasteiger partial charge in [-0.2, -0.15) is 0 Å². The normalized spacial score (nSPS) is 15.2. The molecular formula is C8H15NO4. The molecule has 0 spiro atoms. The lowest BCUT2D eigenvalue weighted by Crippen LogP contribution is -2.39. The van der Waals surface area contributed by atoms with Crippen LogP contribution in [-0.2, 0) is 14.3 Å². The van der Waals surface area contributed by atoms with E-state index in [0.717, 1.165) is 0 Å². The summed E-state index contributed by atoms with van der Waals surface area (Å²) in [6.45, 7) is 4.81. The number of hydrogen-bond donors (Lipinski definition) is 2. The van der Waals surface area contributed by atoms with Crippen molar-refractivity contribution in [1.82, 2.24) is 0 Å². The average molecular weight is 189 g/mol. The fourth-order valence-electron chi connectivity index (χ4n) is 0.575. The molecule has 2 unspecified atom stereocenters. The van der Waals surface area contributed by atoms with Crippen molar-refractivity contribution in [1.29, 1.82) is 0 Å². The Morgan fingerprint density at radius 3 is 2.08 bits per heavy atom. The molecule has 0 aliphatic rings. The number of aliphatic carboxylic acids is 1. The second kappa shape index (κ2) is 4.81. The number of carbonyl (C=O) groups is 2. The minimum Gasteiger partial charge on any atom is -0.479 e. The van der Waals surface area contributed by atoms with Crippen LogP contribution < -0.4 is 5.73 Å². The van der Waals surface area contributed by atoms with E-state index in [-0.39, 0.29) is 5.92 Å². The van der Waals surface area contributed by atoms with Gasteiger partial charge in [0.25, 0.3) is 0 Å². The standard InChI is InChI=1S/C8H15NO4/c1-4(2)6(9)8(12)13-5(3)7(10)11/h4-6H,9H2,1-3H3,(H,10,11). The van der Waals surface area contributed by atoms with E-state index in [9.17, 15) is 9.59 Å². The molecule has 76 valence electrons. The molecule has 0 aliphatic carbocycles. The number of ether oxygens (including phenoxy) is 1. The first kappa shape index (κ1) is 11.9. The Hall–Kier alpha value is -1.10. The zero-order valence-corrected chi connectivity index (χ0v) is 7.98. The maximum absolute atomic E-state index is 11.1. The second-order valence-corrected chi connectivity index (χ2v) is 3.19. The van der Waals surface area contributed by atoms with Crippen molar-refractivity contribution in [3.8, 4) is 0 Å². The highest BCUT2D eigenvalue weighted by Gasteiger charge is 2.23. The van der Waals surface area contributed by atoms with E-state index in [0.29, 0.717) is 0 Å². The molecule has 3 N–H and O–H groups in total. The Kier molecular flexibility index (Phi) is 4.40. The molecule has 2 atom stereocenters. The summed E-state index contributed by atoms with van der Waals surface area (Å²) in [5.41, 5.74) is 5.44. The molecule has 0 radical (unpaired) electrons. The van der Waals surface area contributed by atoms with Crippen LogP contribution in [-0.4, -0.2) is 29.2 Å². The molecule has 0 bridgehead atoms. The van der Waals surface area contributed by atoms with Crippen molar-refractivity contribution in [2.75, 3.05) is 0 Å². The summed E-state index contributed by atoms with van der Waals surface area (Å²) in [6.07, 6.45) is -1.14. The number of hydrogen-bond acceptors (Lipinski definition) is 4. The van der Waals surface area contributed by atoms with E-state index < -0.39 is 24.1 Å². The molecule has 0 fully saturated rings. The number of carboxylic acids is 1. The van der Waals surface area contributed by atoms with Gasteiger partial charge in [-0.25, -0.2) is 4.79 Å². The van der Waals surface area contributed by atoms with E-state index in [4.69, 9.17) is 10.8 Å². The van der Waals surface area contributed by atoms with E-state index in [1.807, 2.05) is 0 Å². The van der Waals surface area contributed by atoms with Crippen LogP contribution in [0.15, 0.2) is 0 Å². The van der Waals surface area contributed by atoms with Crippen molar-refractivity contribution in [3.05, 3.63) is 0 Å². The van der Waals surface area contributed by atoms with Gasteiger partial charge in [0.15, 0.2) is 6.10 Å².